The van der Waals surface area contributed by atoms with Crippen LogP contribution < -0.4 is 19.7 Å². The van der Waals surface area contributed by atoms with E-state index in [9.17, 15) is 9.59 Å². The van der Waals surface area contributed by atoms with E-state index in [1.807, 2.05) is 49.4 Å². The molecule has 0 saturated heterocycles. The van der Waals surface area contributed by atoms with Crippen molar-refractivity contribution < 1.29 is 19.1 Å². The van der Waals surface area contributed by atoms with Crippen molar-refractivity contribution in [2.75, 3.05) is 24.7 Å². The molecule has 3 aromatic rings. The SMILES string of the molecule is C[C@H](NC(=O)CCN1C(=O)c2cccnc2Sc2ccccc21)c1ccc2c(c1)OCCO2. The van der Waals surface area contributed by atoms with E-state index in [-0.39, 0.29) is 30.8 Å². The maximum absolute atomic E-state index is 13.3. The van der Waals surface area contributed by atoms with Gasteiger partial charge in [0.2, 0.25) is 5.91 Å². The minimum Gasteiger partial charge on any atom is -0.486 e. The number of hydrogen-bond donors (Lipinski definition) is 1. The Morgan fingerprint density at radius 3 is 2.82 bits per heavy atom. The number of nitrogens with one attached hydrogen (secondary N) is 1. The third-order valence-corrected chi connectivity index (χ3v) is 6.70. The van der Waals surface area contributed by atoms with Gasteiger partial charge in [-0.15, -0.1) is 0 Å². The fourth-order valence-corrected chi connectivity index (χ4v) is 4.94. The summed E-state index contributed by atoms with van der Waals surface area (Å²) in [4.78, 5) is 33.1. The summed E-state index contributed by atoms with van der Waals surface area (Å²) in [5, 5.41) is 3.70. The lowest BCUT2D eigenvalue weighted by Gasteiger charge is -2.23. The lowest BCUT2D eigenvalue weighted by molar-refractivity contribution is -0.121. The molecule has 2 aromatic carbocycles. The molecule has 0 fully saturated rings. The molecule has 0 saturated carbocycles. The normalized spacial score (nSPS) is 15.2. The first-order valence-electron chi connectivity index (χ1n) is 10.8. The average molecular weight is 462 g/mol. The molecule has 7 nitrogen and oxygen atoms in total. The first kappa shape index (κ1) is 21.3. The number of fused-ring (bicyclic) bond motifs is 3. The third kappa shape index (κ3) is 4.39. The molecule has 1 atom stereocenters. The summed E-state index contributed by atoms with van der Waals surface area (Å²) >= 11 is 1.47. The molecular weight excluding hydrogens is 438 g/mol. The predicted molar refractivity (Wildman–Crippen MR) is 125 cm³/mol. The van der Waals surface area contributed by atoms with Crippen LogP contribution in [0.15, 0.2) is 70.7 Å². The minimum absolute atomic E-state index is 0.133. The summed E-state index contributed by atoms with van der Waals surface area (Å²) in [6.07, 6.45) is 1.86. The molecule has 2 aliphatic rings. The topological polar surface area (TPSA) is 80.8 Å². The van der Waals surface area contributed by atoms with Gasteiger partial charge in [-0.1, -0.05) is 30.0 Å². The van der Waals surface area contributed by atoms with Gasteiger partial charge in [0.25, 0.3) is 5.91 Å². The van der Waals surface area contributed by atoms with E-state index in [4.69, 9.17) is 9.47 Å². The van der Waals surface area contributed by atoms with Crippen molar-refractivity contribution in [2.45, 2.75) is 29.3 Å². The number of benzene rings is 2. The number of nitrogens with zero attached hydrogens (tertiary/aromatic N) is 2. The van der Waals surface area contributed by atoms with E-state index in [1.54, 1.807) is 23.2 Å². The monoisotopic (exact) mass is 461 g/mol. The number of anilines is 1. The maximum atomic E-state index is 13.3. The molecule has 0 radical (unpaired) electrons. The number of pyridine rings is 1. The highest BCUT2D eigenvalue weighted by Crippen LogP contribution is 2.40. The number of para-hydroxylation sites is 1. The van der Waals surface area contributed by atoms with Crippen molar-refractivity contribution in [3.63, 3.8) is 0 Å². The first-order valence-corrected chi connectivity index (χ1v) is 11.6. The van der Waals surface area contributed by atoms with Crippen molar-refractivity contribution in [2.24, 2.45) is 0 Å². The second-order valence-electron chi connectivity index (χ2n) is 7.82. The summed E-state index contributed by atoms with van der Waals surface area (Å²) in [5.41, 5.74) is 2.27. The van der Waals surface area contributed by atoms with Crippen LogP contribution in [0.25, 0.3) is 0 Å². The predicted octanol–water partition coefficient (Wildman–Crippen LogP) is 4.23. The zero-order chi connectivity index (χ0) is 22.8. The van der Waals surface area contributed by atoms with Crippen molar-refractivity contribution in [1.82, 2.24) is 10.3 Å². The Morgan fingerprint density at radius 2 is 1.94 bits per heavy atom. The molecular formula is C25H23N3O4S. The quantitative estimate of drug-likeness (QED) is 0.613. The molecule has 3 heterocycles. The molecule has 2 aliphatic heterocycles. The summed E-state index contributed by atoms with van der Waals surface area (Å²) in [7, 11) is 0. The number of aromatic nitrogens is 1. The Hall–Kier alpha value is -3.52. The van der Waals surface area contributed by atoms with Crippen LogP contribution in [0.2, 0.25) is 0 Å². The molecule has 0 spiro atoms. The molecule has 0 aliphatic carbocycles. The number of ether oxygens (including phenoxy) is 2. The van der Waals surface area contributed by atoms with Crippen LogP contribution >= 0.6 is 11.8 Å². The van der Waals surface area contributed by atoms with E-state index >= 15 is 0 Å². The van der Waals surface area contributed by atoms with Crippen LogP contribution in [0.5, 0.6) is 11.5 Å². The summed E-state index contributed by atoms with van der Waals surface area (Å²) < 4.78 is 11.2. The first-order chi connectivity index (χ1) is 16.1. The Kier molecular flexibility index (Phi) is 5.92. The highest BCUT2D eigenvalue weighted by molar-refractivity contribution is 7.99. The van der Waals surface area contributed by atoms with Gasteiger partial charge in [-0.3, -0.25) is 9.59 Å². The highest BCUT2D eigenvalue weighted by Gasteiger charge is 2.28. The standard InChI is InChI=1S/C25H23N3O4S/c1-16(17-8-9-20-21(15-17)32-14-13-31-20)27-23(29)10-12-28-19-6-2-3-7-22(19)33-24-18(25(28)30)5-4-11-26-24/h2-9,11,15-16H,10,12-14H2,1H3,(H,27,29)/t16-/m0/s1. The minimum atomic E-state index is -0.207. The number of amides is 2. The Balaban J connectivity index is 1.29. The molecule has 0 bridgehead atoms. The number of carbonyl (C=O) groups is 2. The van der Waals surface area contributed by atoms with E-state index in [2.05, 4.69) is 10.3 Å². The fraction of sp³-hybridized carbons (Fsp3) is 0.240. The summed E-state index contributed by atoms with van der Waals surface area (Å²) in [5.74, 6) is 1.13. The van der Waals surface area contributed by atoms with E-state index in [0.717, 1.165) is 21.9 Å². The van der Waals surface area contributed by atoms with Gasteiger partial charge >= 0.3 is 0 Å². The van der Waals surface area contributed by atoms with Crippen LogP contribution in [0.4, 0.5) is 5.69 Å². The molecule has 2 amide bonds. The zero-order valence-electron chi connectivity index (χ0n) is 18.1. The lowest BCUT2D eigenvalue weighted by Crippen LogP contribution is -2.36. The molecule has 33 heavy (non-hydrogen) atoms. The van der Waals surface area contributed by atoms with Crippen molar-refractivity contribution in [3.8, 4) is 11.5 Å². The third-order valence-electron chi connectivity index (χ3n) is 5.62. The maximum Gasteiger partial charge on any atom is 0.261 e. The van der Waals surface area contributed by atoms with Crippen molar-refractivity contribution in [1.29, 1.82) is 0 Å². The number of rotatable bonds is 5. The van der Waals surface area contributed by atoms with Gasteiger partial charge in [0.1, 0.15) is 18.2 Å². The van der Waals surface area contributed by atoms with Crippen LogP contribution in [0.1, 0.15) is 35.3 Å². The van der Waals surface area contributed by atoms with E-state index in [0.29, 0.717) is 29.6 Å². The lowest BCUT2D eigenvalue weighted by atomic mass is 10.1. The fourth-order valence-electron chi connectivity index (χ4n) is 3.92. The van der Waals surface area contributed by atoms with Crippen LogP contribution in [0.3, 0.4) is 0 Å². The van der Waals surface area contributed by atoms with Gasteiger partial charge in [-0.25, -0.2) is 4.98 Å². The molecule has 5 rings (SSSR count). The smallest absolute Gasteiger partial charge is 0.261 e. The van der Waals surface area contributed by atoms with Crippen LogP contribution in [-0.2, 0) is 4.79 Å². The molecule has 1 aromatic heterocycles. The Bertz CT molecular complexity index is 1220. The van der Waals surface area contributed by atoms with Gasteiger partial charge in [0.05, 0.1) is 17.3 Å². The van der Waals surface area contributed by atoms with E-state index in [1.165, 1.54) is 11.8 Å². The van der Waals surface area contributed by atoms with Crippen LogP contribution in [-0.4, -0.2) is 36.6 Å². The summed E-state index contributed by atoms with van der Waals surface area (Å²) in [6.45, 7) is 3.24. The zero-order valence-corrected chi connectivity index (χ0v) is 18.9. The Morgan fingerprint density at radius 1 is 1.12 bits per heavy atom. The highest BCUT2D eigenvalue weighted by atomic mass is 32.2. The second kappa shape index (κ2) is 9.15. The molecule has 0 unspecified atom stereocenters. The number of carbonyl (C=O) groups excluding carboxylic acids is 2. The summed E-state index contributed by atoms with van der Waals surface area (Å²) in [6, 6.07) is 16.7. The van der Waals surface area contributed by atoms with Gasteiger partial charge in [0.15, 0.2) is 11.5 Å². The Labute approximate surface area is 196 Å². The number of hydrogen-bond acceptors (Lipinski definition) is 6. The van der Waals surface area contributed by atoms with Gasteiger partial charge in [-0.2, -0.15) is 0 Å². The van der Waals surface area contributed by atoms with Crippen molar-refractivity contribution in [3.05, 3.63) is 71.9 Å². The largest absolute Gasteiger partial charge is 0.486 e. The second-order valence-corrected chi connectivity index (χ2v) is 8.86. The van der Waals surface area contributed by atoms with Gasteiger partial charge in [-0.05, 0) is 48.9 Å². The average Bonchev–Trinajstić information content (AvgIpc) is 2.96. The van der Waals surface area contributed by atoms with Gasteiger partial charge < -0.3 is 19.7 Å². The molecule has 8 heteroatoms. The van der Waals surface area contributed by atoms with E-state index < -0.39 is 0 Å². The van der Waals surface area contributed by atoms with Crippen LogP contribution in [0, 0.1) is 0 Å². The van der Waals surface area contributed by atoms with Gasteiger partial charge in [0, 0.05) is 24.1 Å². The molecule has 1 N–H and O–H groups in total. The van der Waals surface area contributed by atoms with Crippen molar-refractivity contribution >= 4 is 29.3 Å². The molecule has 168 valence electrons.